The zero-order chi connectivity index (χ0) is 20.1. The van der Waals surface area contributed by atoms with Gasteiger partial charge in [-0.15, -0.1) is 0 Å². The summed E-state index contributed by atoms with van der Waals surface area (Å²) in [5.41, 5.74) is 3.91. The highest BCUT2D eigenvalue weighted by atomic mass is 16.5. The number of carbonyl (C=O) groups excluding carboxylic acids is 1. The molecule has 3 rings (SSSR count). The number of benzene rings is 2. The molecule has 0 unspecified atom stereocenters. The van der Waals surface area contributed by atoms with Crippen LogP contribution in [0.5, 0.6) is 11.5 Å². The number of amides is 1. The van der Waals surface area contributed by atoms with E-state index in [9.17, 15) is 4.79 Å². The van der Waals surface area contributed by atoms with Gasteiger partial charge in [0.25, 0.3) is 5.91 Å². The van der Waals surface area contributed by atoms with E-state index in [-0.39, 0.29) is 17.5 Å². The molecule has 0 aliphatic rings. The second-order valence-electron chi connectivity index (χ2n) is 6.21. The fourth-order valence-corrected chi connectivity index (χ4v) is 2.58. The van der Waals surface area contributed by atoms with E-state index in [1.165, 1.54) is 11.8 Å². The molecule has 3 aromatic rings. The average Bonchev–Trinajstić information content (AvgIpc) is 2.71. The van der Waals surface area contributed by atoms with E-state index in [1.54, 1.807) is 38.5 Å². The molecule has 0 radical (unpaired) electrons. The van der Waals surface area contributed by atoms with E-state index in [2.05, 4.69) is 20.6 Å². The zero-order valence-electron chi connectivity index (χ0n) is 16.2. The maximum absolute atomic E-state index is 12.6. The van der Waals surface area contributed by atoms with Gasteiger partial charge in [0.05, 0.1) is 19.9 Å². The molecule has 2 aromatic carbocycles. The first-order valence-electron chi connectivity index (χ1n) is 8.71. The summed E-state index contributed by atoms with van der Waals surface area (Å²) in [5.74, 6) is 1.23. The van der Waals surface area contributed by atoms with Gasteiger partial charge in [0.15, 0.2) is 0 Å². The summed E-state index contributed by atoms with van der Waals surface area (Å²) in [6.45, 7) is 4.02. The van der Waals surface area contributed by atoms with E-state index < -0.39 is 0 Å². The van der Waals surface area contributed by atoms with Crippen molar-refractivity contribution in [3.05, 3.63) is 65.5 Å². The third-order valence-corrected chi connectivity index (χ3v) is 4.31. The first-order valence-corrected chi connectivity index (χ1v) is 8.71. The number of anilines is 3. The summed E-state index contributed by atoms with van der Waals surface area (Å²) in [7, 11) is 3.15. The van der Waals surface area contributed by atoms with E-state index in [0.717, 1.165) is 11.3 Å². The molecule has 0 saturated carbocycles. The molecule has 2 N–H and O–H groups in total. The van der Waals surface area contributed by atoms with Crippen molar-refractivity contribution >= 4 is 23.2 Å². The Kier molecular flexibility index (Phi) is 5.74. The monoisotopic (exact) mass is 378 g/mol. The summed E-state index contributed by atoms with van der Waals surface area (Å²) in [4.78, 5) is 21.0. The van der Waals surface area contributed by atoms with E-state index in [1.807, 2.05) is 32.0 Å². The van der Waals surface area contributed by atoms with Crippen LogP contribution in [0.25, 0.3) is 0 Å². The molecule has 28 heavy (non-hydrogen) atoms. The van der Waals surface area contributed by atoms with Gasteiger partial charge in [0.1, 0.15) is 17.2 Å². The largest absolute Gasteiger partial charge is 0.497 e. The molecule has 0 saturated heterocycles. The minimum absolute atomic E-state index is 0.253. The number of methoxy groups -OCH3 is 2. The second-order valence-corrected chi connectivity index (χ2v) is 6.21. The van der Waals surface area contributed by atoms with Gasteiger partial charge in [-0.05, 0) is 55.3 Å². The smallest absolute Gasteiger partial charge is 0.274 e. The van der Waals surface area contributed by atoms with Crippen LogP contribution in [0, 0.1) is 13.8 Å². The molecular formula is C21H22N4O3. The number of aromatic nitrogens is 2. The van der Waals surface area contributed by atoms with Crippen LogP contribution in [0.15, 0.2) is 48.7 Å². The van der Waals surface area contributed by atoms with Crippen LogP contribution in [0.4, 0.5) is 17.3 Å². The fourth-order valence-electron chi connectivity index (χ4n) is 2.58. The normalized spacial score (nSPS) is 10.3. The highest BCUT2D eigenvalue weighted by Crippen LogP contribution is 2.30. The van der Waals surface area contributed by atoms with Crippen molar-refractivity contribution in [3.8, 4) is 11.5 Å². The first kappa shape index (κ1) is 19.2. The van der Waals surface area contributed by atoms with Gasteiger partial charge in [0.2, 0.25) is 5.95 Å². The van der Waals surface area contributed by atoms with Crippen molar-refractivity contribution in [2.24, 2.45) is 0 Å². The van der Waals surface area contributed by atoms with E-state index in [0.29, 0.717) is 17.2 Å². The van der Waals surface area contributed by atoms with Gasteiger partial charge in [-0.25, -0.2) is 9.97 Å². The van der Waals surface area contributed by atoms with E-state index in [4.69, 9.17) is 9.47 Å². The van der Waals surface area contributed by atoms with Crippen LogP contribution in [0.3, 0.4) is 0 Å². The average molecular weight is 378 g/mol. The number of hydrogen-bond acceptors (Lipinski definition) is 6. The van der Waals surface area contributed by atoms with Crippen LogP contribution < -0.4 is 20.1 Å². The van der Waals surface area contributed by atoms with Gasteiger partial charge in [0, 0.05) is 18.0 Å². The summed E-state index contributed by atoms with van der Waals surface area (Å²) in [5, 5.41) is 5.92. The van der Waals surface area contributed by atoms with Gasteiger partial charge in [-0.1, -0.05) is 6.07 Å². The zero-order valence-corrected chi connectivity index (χ0v) is 16.2. The van der Waals surface area contributed by atoms with Crippen molar-refractivity contribution in [1.82, 2.24) is 9.97 Å². The predicted molar refractivity (Wildman–Crippen MR) is 109 cm³/mol. The molecule has 7 nitrogen and oxygen atoms in total. The van der Waals surface area contributed by atoms with Crippen molar-refractivity contribution in [1.29, 1.82) is 0 Å². The summed E-state index contributed by atoms with van der Waals surface area (Å²) in [6.07, 6.45) is 1.53. The van der Waals surface area contributed by atoms with E-state index >= 15 is 0 Å². The third kappa shape index (κ3) is 4.37. The lowest BCUT2D eigenvalue weighted by Gasteiger charge is -2.12. The molecule has 0 atom stereocenters. The lowest BCUT2D eigenvalue weighted by Crippen LogP contribution is -2.15. The molecule has 1 aromatic heterocycles. The van der Waals surface area contributed by atoms with Gasteiger partial charge >= 0.3 is 0 Å². The summed E-state index contributed by atoms with van der Waals surface area (Å²) >= 11 is 0. The van der Waals surface area contributed by atoms with Crippen molar-refractivity contribution < 1.29 is 14.3 Å². The van der Waals surface area contributed by atoms with Gasteiger partial charge < -0.3 is 20.1 Å². The first-order chi connectivity index (χ1) is 13.5. The Labute approximate surface area is 163 Å². The topological polar surface area (TPSA) is 85.4 Å². The van der Waals surface area contributed by atoms with Crippen LogP contribution in [0.1, 0.15) is 21.6 Å². The molecule has 1 heterocycles. The summed E-state index contributed by atoms with van der Waals surface area (Å²) in [6, 6.07) is 12.7. The minimum Gasteiger partial charge on any atom is -0.497 e. The molecule has 1 amide bonds. The van der Waals surface area contributed by atoms with Crippen molar-refractivity contribution in [2.45, 2.75) is 13.8 Å². The standard InChI is InChI=1S/C21H22N4O3/c1-13-5-6-15(11-14(13)2)23-20(26)18-9-10-22-21(25-18)24-17-8-7-16(27-3)12-19(17)28-4/h5-12H,1-4H3,(H,23,26)(H,22,24,25). The molecule has 0 spiro atoms. The molecule has 0 aliphatic heterocycles. The third-order valence-electron chi connectivity index (χ3n) is 4.31. The van der Waals surface area contributed by atoms with Crippen molar-refractivity contribution in [2.75, 3.05) is 24.9 Å². The van der Waals surface area contributed by atoms with Crippen LogP contribution in [-0.4, -0.2) is 30.1 Å². The lowest BCUT2D eigenvalue weighted by molar-refractivity contribution is 0.102. The maximum Gasteiger partial charge on any atom is 0.274 e. The molecule has 0 fully saturated rings. The second kappa shape index (κ2) is 8.39. The highest BCUT2D eigenvalue weighted by molar-refractivity contribution is 6.03. The SMILES string of the molecule is COc1ccc(Nc2nccc(C(=O)Nc3ccc(C)c(C)c3)n2)c(OC)c1. The van der Waals surface area contributed by atoms with Gasteiger partial charge in [-0.3, -0.25) is 4.79 Å². The maximum atomic E-state index is 12.6. The number of nitrogens with one attached hydrogen (secondary N) is 2. The minimum atomic E-state index is -0.310. The van der Waals surface area contributed by atoms with Gasteiger partial charge in [-0.2, -0.15) is 0 Å². The Morgan fingerprint density at radius 2 is 1.79 bits per heavy atom. The number of ether oxygens (including phenoxy) is 2. The predicted octanol–water partition coefficient (Wildman–Crippen LogP) is 4.11. The van der Waals surface area contributed by atoms with Crippen LogP contribution in [-0.2, 0) is 0 Å². The number of aryl methyl sites for hydroxylation is 2. The number of hydrogen-bond donors (Lipinski definition) is 2. The molecule has 7 heteroatoms. The van der Waals surface area contributed by atoms with Crippen LogP contribution >= 0.6 is 0 Å². The highest BCUT2D eigenvalue weighted by Gasteiger charge is 2.12. The number of nitrogens with zero attached hydrogens (tertiary/aromatic N) is 2. The Hall–Kier alpha value is -3.61. The van der Waals surface area contributed by atoms with Crippen molar-refractivity contribution in [3.63, 3.8) is 0 Å². The lowest BCUT2D eigenvalue weighted by atomic mass is 10.1. The van der Waals surface area contributed by atoms with Crippen LogP contribution in [0.2, 0.25) is 0 Å². The molecule has 0 bridgehead atoms. The molecular weight excluding hydrogens is 356 g/mol. The quantitative estimate of drug-likeness (QED) is 0.671. The number of carbonyl (C=O) groups is 1. The summed E-state index contributed by atoms with van der Waals surface area (Å²) < 4.78 is 10.6. The Morgan fingerprint density at radius 1 is 0.964 bits per heavy atom. The fraction of sp³-hybridized carbons (Fsp3) is 0.190. The Bertz CT molecular complexity index is 1000. The number of rotatable bonds is 6. The Morgan fingerprint density at radius 3 is 2.50 bits per heavy atom. The molecule has 0 aliphatic carbocycles. The molecule has 144 valence electrons. The Balaban J connectivity index is 1.78.